The first-order chi connectivity index (χ1) is 8.31. The topological polar surface area (TPSA) is 22.0 Å². The van der Waals surface area contributed by atoms with Crippen molar-refractivity contribution in [1.29, 1.82) is 0 Å². The number of pyridine rings is 1. The average molecular weight is 227 g/mol. The van der Waals surface area contributed by atoms with Crippen molar-refractivity contribution < 1.29 is 0 Å². The molecule has 2 nitrogen and oxygen atoms in total. The summed E-state index contributed by atoms with van der Waals surface area (Å²) in [5.74, 6) is 0. The van der Waals surface area contributed by atoms with Gasteiger partial charge < -0.3 is 4.57 Å². The molecule has 3 rings (SSSR count). The number of hydrogen-bond acceptors (Lipinski definition) is 1. The maximum atomic E-state index is 12.5. The molecule has 0 saturated heterocycles. The first-order valence-electron chi connectivity index (χ1n) is 6.44. The Balaban J connectivity index is 2.30. The van der Waals surface area contributed by atoms with Crippen LogP contribution in [-0.2, 0) is 6.42 Å². The van der Waals surface area contributed by atoms with Crippen LogP contribution in [-0.4, -0.2) is 4.57 Å². The molecule has 1 aliphatic rings. The second-order valence-electron chi connectivity index (χ2n) is 4.88. The Kier molecular flexibility index (Phi) is 2.50. The van der Waals surface area contributed by atoms with Crippen LogP contribution in [0.5, 0.6) is 0 Å². The molecule has 0 amide bonds. The fourth-order valence-electron chi connectivity index (χ4n) is 2.51. The summed E-state index contributed by atoms with van der Waals surface area (Å²) < 4.78 is 2.03. The summed E-state index contributed by atoms with van der Waals surface area (Å²) in [6.07, 6.45) is 4.41. The normalized spacial score (nSPS) is 15.4. The van der Waals surface area contributed by atoms with E-state index in [0.29, 0.717) is 6.04 Å². The van der Waals surface area contributed by atoms with Gasteiger partial charge in [0.15, 0.2) is 0 Å². The van der Waals surface area contributed by atoms with Crippen molar-refractivity contribution in [2.24, 2.45) is 0 Å². The zero-order valence-electron chi connectivity index (χ0n) is 10.1. The van der Waals surface area contributed by atoms with Gasteiger partial charge in [-0.25, -0.2) is 0 Å². The van der Waals surface area contributed by atoms with Crippen molar-refractivity contribution in [1.82, 2.24) is 4.57 Å². The molecule has 1 aromatic heterocycles. The maximum Gasteiger partial charge on any atom is 0.258 e. The molecule has 0 N–H and O–H groups in total. The van der Waals surface area contributed by atoms with Gasteiger partial charge >= 0.3 is 0 Å². The number of nitrogens with zero attached hydrogens (tertiary/aromatic N) is 1. The molecule has 1 fully saturated rings. The van der Waals surface area contributed by atoms with Crippen LogP contribution in [0.15, 0.2) is 35.1 Å². The van der Waals surface area contributed by atoms with Gasteiger partial charge in [0.25, 0.3) is 5.56 Å². The Morgan fingerprint density at radius 2 is 2.06 bits per heavy atom. The molecule has 0 radical (unpaired) electrons. The van der Waals surface area contributed by atoms with E-state index in [-0.39, 0.29) is 5.56 Å². The summed E-state index contributed by atoms with van der Waals surface area (Å²) in [5, 5.41) is 1.94. The number of rotatable bonds is 3. The van der Waals surface area contributed by atoms with E-state index in [4.69, 9.17) is 0 Å². The van der Waals surface area contributed by atoms with Gasteiger partial charge in [-0.1, -0.05) is 31.5 Å². The molecule has 0 spiro atoms. The van der Waals surface area contributed by atoms with Crippen molar-refractivity contribution in [3.63, 3.8) is 0 Å². The number of fused-ring (bicyclic) bond motifs is 1. The predicted molar refractivity (Wildman–Crippen MR) is 70.5 cm³/mol. The van der Waals surface area contributed by atoms with Gasteiger partial charge in [0.05, 0.1) is 0 Å². The van der Waals surface area contributed by atoms with E-state index in [9.17, 15) is 4.79 Å². The second-order valence-corrected chi connectivity index (χ2v) is 4.88. The summed E-state index contributed by atoms with van der Waals surface area (Å²) >= 11 is 0. The van der Waals surface area contributed by atoms with E-state index < -0.39 is 0 Å². The standard InChI is InChI=1S/C15H17NO/c1-2-5-13-10-11-6-3-4-7-14(11)15(17)16(13)12-8-9-12/h3-4,6-7,10,12H,2,5,8-9H2,1H3. The Bertz CT molecular complexity index is 608. The highest BCUT2D eigenvalue weighted by Gasteiger charge is 2.27. The Hall–Kier alpha value is -1.57. The molecule has 1 aromatic carbocycles. The van der Waals surface area contributed by atoms with Gasteiger partial charge in [0.1, 0.15) is 0 Å². The van der Waals surface area contributed by atoms with Crippen LogP contribution in [0, 0.1) is 0 Å². The largest absolute Gasteiger partial charge is 0.309 e. The van der Waals surface area contributed by atoms with Crippen molar-refractivity contribution in [2.45, 2.75) is 38.6 Å². The van der Waals surface area contributed by atoms with Crippen LogP contribution in [0.25, 0.3) is 10.8 Å². The highest BCUT2D eigenvalue weighted by molar-refractivity contribution is 5.81. The van der Waals surface area contributed by atoms with E-state index in [1.54, 1.807) is 0 Å². The molecule has 0 unspecified atom stereocenters. The van der Waals surface area contributed by atoms with E-state index in [1.807, 2.05) is 28.8 Å². The Labute approximate surface area is 101 Å². The molecule has 1 saturated carbocycles. The molecular formula is C15H17NO. The van der Waals surface area contributed by atoms with E-state index in [1.165, 1.54) is 5.69 Å². The summed E-state index contributed by atoms with van der Waals surface area (Å²) in [5.41, 5.74) is 1.41. The number of aryl methyl sites for hydroxylation is 1. The first-order valence-corrected chi connectivity index (χ1v) is 6.44. The molecule has 0 bridgehead atoms. The fraction of sp³-hybridized carbons (Fsp3) is 0.400. The Morgan fingerprint density at radius 1 is 1.29 bits per heavy atom. The van der Waals surface area contributed by atoms with E-state index in [2.05, 4.69) is 13.0 Å². The lowest BCUT2D eigenvalue weighted by atomic mass is 10.1. The quantitative estimate of drug-likeness (QED) is 0.788. The number of aromatic nitrogens is 1. The predicted octanol–water partition coefficient (Wildman–Crippen LogP) is 3.29. The third-order valence-electron chi connectivity index (χ3n) is 3.46. The third kappa shape index (κ3) is 1.78. The van der Waals surface area contributed by atoms with Crippen molar-refractivity contribution in [3.8, 4) is 0 Å². The van der Waals surface area contributed by atoms with Gasteiger partial charge in [0.2, 0.25) is 0 Å². The third-order valence-corrected chi connectivity index (χ3v) is 3.46. The zero-order chi connectivity index (χ0) is 11.8. The van der Waals surface area contributed by atoms with E-state index >= 15 is 0 Å². The lowest BCUT2D eigenvalue weighted by Crippen LogP contribution is -2.22. The average Bonchev–Trinajstić information content (AvgIpc) is 3.14. The lowest BCUT2D eigenvalue weighted by Gasteiger charge is -2.13. The minimum Gasteiger partial charge on any atom is -0.309 e. The smallest absolute Gasteiger partial charge is 0.258 e. The van der Waals surface area contributed by atoms with Crippen molar-refractivity contribution >= 4 is 10.8 Å². The van der Waals surface area contributed by atoms with Crippen LogP contribution in [0.3, 0.4) is 0 Å². The molecule has 1 aliphatic carbocycles. The summed E-state index contributed by atoms with van der Waals surface area (Å²) in [4.78, 5) is 12.5. The van der Waals surface area contributed by atoms with E-state index in [0.717, 1.165) is 36.5 Å². The molecule has 2 heteroatoms. The molecule has 88 valence electrons. The molecule has 0 atom stereocenters. The Morgan fingerprint density at radius 3 is 2.76 bits per heavy atom. The van der Waals surface area contributed by atoms with Crippen molar-refractivity contribution in [3.05, 3.63) is 46.4 Å². The zero-order valence-corrected chi connectivity index (χ0v) is 10.1. The molecule has 0 aliphatic heterocycles. The number of benzene rings is 1. The monoisotopic (exact) mass is 227 g/mol. The van der Waals surface area contributed by atoms with Crippen LogP contribution in [0.4, 0.5) is 0 Å². The maximum absolute atomic E-state index is 12.5. The van der Waals surface area contributed by atoms with Crippen LogP contribution >= 0.6 is 0 Å². The van der Waals surface area contributed by atoms with Gasteiger partial charge in [-0.15, -0.1) is 0 Å². The minimum atomic E-state index is 0.203. The fourth-order valence-corrected chi connectivity index (χ4v) is 2.51. The minimum absolute atomic E-state index is 0.203. The molecule has 2 aromatic rings. The van der Waals surface area contributed by atoms with Crippen LogP contribution in [0.2, 0.25) is 0 Å². The van der Waals surface area contributed by atoms with Crippen LogP contribution < -0.4 is 5.56 Å². The van der Waals surface area contributed by atoms with Crippen molar-refractivity contribution in [2.75, 3.05) is 0 Å². The summed E-state index contributed by atoms with van der Waals surface area (Å²) in [7, 11) is 0. The second kappa shape index (κ2) is 4.02. The van der Waals surface area contributed by atoms with Gasteiger partial charge in [-0.2, -0.15) is 0 Å². The first kappa shape index (κ1) is 10.6. The summed E-state index contributed by atoms with van der Waals surface area (Å²) in [6, 6.07) is 10.6. The highest BCUT2D eigenvalue weighted by atomic mass is 16.1. The SMILES string of the molecule is CCCc1cc2ccccc2c(=O)n1C1CC1. The van der Waals surface area contributed by atoms with Gasteiger partial charge in [-0.3, -0.25) is 4.79 Å². The van der Waals surface area contributed by atoms with Gasteiger partial charge in [0, 0.05) is 17.1 Å². The molecule has 1 heterocycles. The number of hydrogen-bond donors (Lipinski definition) is 0. The molecule has 17 heavy (non-hydrogen) atoms. The van der Waals surface area contributed by atoms with Gasteiger partial charge in [-0.05, 0) is 36.8 Å². The van der Waals surface area contributed by atoms with Crippen LogP contribution in [0.1, 0.15) is 37.9 Å². The summed E-state index contributed by atoms with van der Waals surface area (Å²) in [6.45, 7) is 2.16. The molecular weight excluding hydrogens is 210 g/mol. The lowest BCUT2D eigenvalue weighted by molar-refractivity contribution is 0.655. The highest BCUT2D eigenvalue weighted by Crippen LogP contribution is 2.35.